The van der Waals surface area contributed by atoms with Crippen LogP contribution in [0.25, 0.3) is 0 Å². The fraction of sp³-hybridized carbons (Fsp3) is 0.200. The Balaban J connectivity index is 1.95. The summed E-state index contributed by atoms with van der Waals surface area (Å²) in [4.78, 5) is 49.2. The predicted octanol–water partition coefficient (Wildman–Crippen LogP) is -0.891. The number of nitrogens with two attached hydrogens (primary N) is 4. The number of nitrogens with one attached hydrogen (secondary N) is 4. The van der Waals surface area contributed by atoms with Crippen molar-refractivity contribution in [3.63, 3.8) is 0 Å². The SMILES string of the molecule is NNC(=O)C(CSSCC(NC(=O)c1ccccc1N)C(=O)NN)NC(=O)c1ccccc1N. The Hall–Kier alpha value is -3.46. The first kappa shape index (κ1) is 26.8. The minimum absolute atomic E-state index is 0.114. The molecule has 14 heteroatoms. The van der Waals surface area contributed by atoms with Crippen LogP contribution in [0.15, 0.2) is 48.5 Å². The van der Waals surface area contributed by atoms with Crippen LogP contribution in [0.4, 0.5) is 11.4 Å². The molecule has 2 unspecified atom stereocenters. The molecular weight excluding hydrogens is 480 g/mol. The molecule has 0 aliphatic heterocycles. The summed E-state index contributed by atoms with van der Waals surface area (Å²) in [5.41, 5.74) is 16.6. The molecule has 0 radical (unpaired) electrons. The third kappa shape index (κ3) is 7.55. The highest BCUT2D eigenvalue weighted by Gasteiger charge is 2.24. The lowest BCUT2D eigenvalue weighted by Gasteiger charge is -2.19. The average Bonchev–Trinajstić information content (AvgIpc) is 2.84. The van der Waals surface area contributed by atoms with Gasteiger partial charge in [-0.15, -0.1) is 0 Å². The summed E-state index contributed by atoms with van der Waals surface area (Å²) in [5.74, 6) is 8.40. The van der Waals surface area contributed by atoms with Crippen LogP contribution >= 0.6 is 21.6 Å². The molecule has 2 rings (SSSR count). The van der Waals surface area contributed by atoms with E-state index in [0.717, 1.165) is 0 Å². The molecule has 0 fully saturated rings. The summed E-state index contributed by atoms with van der Waals surface area (Å²) in [7, 11) is 2.37. The Kier molecular flexibility index (Phi) is 10.5. The van der Waals surface area contributed by atoms with E-state index in [0.29, 0.717) is 0 Å². The molecule has 0 bridgehead atoms. The molecule has 12 nitrogen and oxygen atoms in total. The number of carbonyl (C=O) groups excluding carboxylic acids is 4. The van der Waals surface area contributed by atoms with E-state index in [1.807, 2.05) is 10.9 Å². The van der Waals surface area contributed by atoms with Gasteiger partial charge in [-0.05, 0) is 24.3 Å². The van der Waals surface area contributed by atoms with Crippen LogP contribution in [0.2, 0.25) is 0 Å². The number of hydrogen-bond acceptors (Lipinski definition) is 10. The minimum Gasteiger partial charge on any atom is -0.398 e. The number of amides is 4. The lowest BCUT2D eigenvalue weighted by atomic mass is 10.1. The van der Waals surface area contributed by atoms with Crippen molar-refractivity contribution < 1.29 is 19.2 Å². The topological polar surface area (TPSA) is 220 Å². The van der Waals surface area contributed by atoms with Gasteiger partial charge in [0.05, 0.1) is 11.1 Å². The van der Waals surface area contributed by atoms with Gasteiger partial charge < -0.3 is 22.1 Å². The lowest BCUT2D eigenvalue weighted by Crippen LogP contribution is -2.51. The van der Waals surface area contributed by atoms with E-state index in [2.05, 4.69) is 10.6 Å². The van der Waals surface area contributed by atoms with Gasteiger partial charge >= 0.3 is 0 Å². The van der Waals surface area contributed by atoms with Crippen LogP contribution in [0.5, 0.6) is 0 Å². The summed E-state index contributed by atoms with van der Waals surface area (Å²) in [6.07, 6.45) is 0. The molecule has 0 aliphatic rings. The van der Waals surface area contributed by atoms with Crippen molar-refractivity contribution in [2.24, 2.45) is 11.7 Å². The van der Waals surface area contributed by atoms with Gasteiger partial charge in [0.2, 0.25) is 0 Å². The van der Waals surface area contributed by atoms with Gasteiger partial charge in [0.15, 0.2) is 0 Å². The average molecular weight is 507 g/mol. The van der Waals surface area contributed by atoms with Gasteiger partial charge in [-0.1, -0.05) is 45.9 Å². The molecule has 0 heterocycles. The van der Waals surface area contributed by atoms with E-state index >= 15 is 0 Å². The lowest BCUT2D eigenvalue weighted by molar-refractivity contribution is -0.123. The molecule has 0 aliphatic carbocycles. The number of rotatable bonds is 11. The first-order valence-electron chi connectivity index (χ1n) is 9.84. The zero-order valence-corrected chi connectivity index (χ0v) is 19.6. The number of carbonyl (C=O) groups is 4. The summed E-state index contributed by atoms with van der Waals surface area (Å²) in [6, 6.07) is 10.9. The second kappa shape index (κ2) is 13.3. The van der Waals surface area contributed by atoms with Crippen LogP contribution < -0.4 is 44.6 Å². The van der Waals surface area contributed by atoms with Gasteiger partial charge in [0.25, 0.3) is 23.6 Å². The largest absolute Gasteiger partial charge is 0.398 e. The van der Waals surface area contributed by atoms with E-state index in [1.165, 1.54) is 33.7 Å². The monoisotopic (exact) mass is 506 g/mol. The third-order valence-electron chi connectivity index (χ3n) is 4.49. The van der Waals surface area contributed by atoms with Crippen molar-refractivity contribution in [1.29, 1.82) is 0 Å². The van der Waals surface area contributed by atoms with E-state index in [-0.39, 0.29) is 34.0 Å². The minimum atomic E-state index is -0.977. The van der Waals surface area contributed by atoms with Crippen molar-refractivity contribution in [2.45, 2.75) is 12.1 Å². The molecule has 2 aromatic carbocycles. The zero-order valence-electron chi connectivity index (χ0n) is 17.9. The summed E-state index contributed by atoms with van der Waals surface area (Å²) >= 11 is 0. The Morgan fingerprint density at radius 3 is 1.35 bits per heavy atom. The number of hydrazine groups is 2. The van der Waals surface area contributed by atoms with Crippen molar-refractivity contribution in [2.75, 3.05) is 23.0 Å². The highest BCUT2D eigenvalue weighted by atomic mass is 33.1. The Bertz CT molecular complexity index is 958. The summed E-state index contributed by atoms with van der Waals surface area (Å²) in [6.45, 7) is 0. The van der Waals surface area contributed by atoms with Crippen LogP contribution in [0.1, 0.15) is 20.7 Å². The molecule has 2 aromatic rings. The maximum absolute atomic E-state index is 12.5. The Morgan fingerprint density at radius 1 is 0.676 bits per heavy atom. The second-order valence-corrected chi connectivity index (χ2v) is 9.37. The number of anilines is 2. The molecule has 4 amide bonds. The molecular formula is C20H26N8O4S2. The maximum Gasteiger partial charge on any atom is 0.257 e. The van der Waals surface area contributed by atoms with Crippen LogP contribution in [0.3, 0.4) is 0 Å². The molecule has 0 saturated heterocycles. The fourth-order valence-corrected chi connectivity index (χ4v) is 5.01. The van der Waals surface area contributed by atoms with Crippen molar-refractivity contribution in [3.05, 3.63) is 59.7 Å². The standard InChI is InChI=1S/C20H26N8O4S2/c21-13-7-3-1-5-11(13)17(29)25-15(19(31)27-23)9-33-34-10-16(20(32)28-24)26-18(30)12-6-2-4-8-14(12)22/h1-8,15-16H,9-10,21-24H2,(H,25,29)(H,26,30)(H,27,31)(H,28,32). The molecule has 182 valence electrons. The number of nitrogen functional groups attached to an aromatic ring is 2. The zero-order chi connectivity index (χ0) is 25.1. The number of hydrogen-bond donors (Lipinski definition) is 8. The van der Waals surface area contributed by atoms with E-state index < -0.39 is 35.7 Å². The van der Waals surface area contributed by atoms with Gasteiger partial charge in [0, 0.05) is 22.9 Å². The normalized spacial score (nSPS) is 12.2. The van der Waals surface area contributed by atoms with E-state index in [9.17, 15) is 19.2 Å². The highest BCUT2D eigenvalue weighted by Crippen LogP contribution is 2.24. The van der Waals surface area contributed by atoms with Gasteiger partial charge in [-0.3, -0.25) is 30.0 Å². The van der Waals surface area contributed by atoms with E-state index in [1.54, 1.807) is 36.4 Å². The number of benzene rings is 2. The predicted molar refractivity (Wildman–Crippen MR) is 134 cm³/mol. The van der Waals surface area contributed by atoms with Crippen LogP contribution in [-0.4, -0.2) is 47.2 Å². The number of para-hydroxylation sites is 2. The van der Waals surface area contributed by atoms with Crippen LogP contribution in [-0.2, 0) is 9.59 Å². The van der Waals surface area contributed by atoms with Crippen molar-refractivity contribution >= 4 is 56.6 Å². The first-order chi connectivity index (χ1) is 16.3. The quantitative estimate of drug-likeness (QED) is 0.0469. The second-order valence-electron chi connectivity index (χ2n) is 6.81. The molecule has 0 spiro atoms. The van der Waals surface area contributed by atoms with Gasteiger partial charge in [0.1, 0.15) is 12.1 Å². The molecule has 0 aromatic heterocycles. The fourth-order valence-electron chi connectivity index (χ4n) is 2.68. The highest BCUT2D eigenvalue weighted by molar-refractivity contribution is 8.76. The molecule has 2 atom stereocenters. The summed E-state index contributed by atoms with van der Waals surface area (Å²) in [5, 5.41) is 5.16. The molecule has 0 saturated carbocycles. The Morgan fingerprint density at radius 2 is 1.03 bits per heavy atom. The smallest absolute Gasteiger partial charge is 0.257 e. The summed E-state index contributed by atoms with van der Waals surface area (Å²) < 4.78 is 0. The molecule has 34 heavy (non-hydrogen) atoms. The van der Waals surface area contributed by atoms with Gasteiger partial charge in [-0.25, -0.2) is 11.7 Å². The molecule has 12 N–H and O–H groups in total. The van der Waals surface area contributed by atoms with Gasteiger partial charge in [-0.2, -0.15) is 0 Å². The van der Waals surface area contributed by atoms with E-state index in [4.69, 9.17) is 23.2 Å². The Labute approximate surface area is 203 Å². The first-order valence-corrected chi connectivity index (χ1v) is 12.3. The van der Waals surface area contributed by atoms with Crippen molar-refractivity contribution in [1.82, 2.24) is 21.5 Å². The third-order valence-corrected chi connectivity index (χ3v) is 6.91. The maximum atomic E-state index is 12.5. The van der Waals surface area contributed by atoms with Crippen LogP contribution in [0, 0.1) is 0 Å². The van der Waals surface area contributed by atoms with Crippen molar-refractivity contribution in [3.8, 4) is 0 Å².